The normalized spacial score (nSPS) is 27.0. The van der Waals surface area contributed by atoms with Gasteiger partial charge in [0, 0.05) is 11.6 Å². The maximum Gasteiger partial charge on any atom is 0.309 e. The number of rotatable bonds is 5. The lowest BCUT2D eigenvalue weighted by atomic mass is 9.70. The molecular formula is C21H20N2O3. The van der Waals surface area contributed by atoms with Gasteiger partial charge in [0.2, 0.25) is 0 Å². The van der Waals surface area contributed by atoms with Crippen LogP contribution in [0.2, 0.25) is 0 Å². The Hall–Kier alpha value is -2.61. The number of benzene rings is 1. The molecule has 1 heterocycles. The molecule has 0 saturated heterocycles. The second kappa shape index (κ2) is 5.44. The third-order valence-corrected chi connectivity index (χ3v) is 6.56. The molecule has 0 unspecified atom stereocenters. The SMILES string of the molecule is N#Cc1cnc2ccccc2c1OCCOC(=O)C1CC2(C1)CC21CC1. The van der Waals surface area contributed by atoms with Crippen LogP contribution >= 0.6 is 0 Å². The van der Waals surface area contributed by atoms with Gasteiger partial charge in [-0.3, -0.25) is 9.78 Å². The number of esters is 1. The standard InChI is InChI=1S/C21H20N2O3/c22-11-15-12-23-17-4-2-1-3-16(17)18(15)25-7-8-26-19(24)14-9-21(10-14)13-20(21)5-6-20/h1-4,12,14H,5-10,13H2. The molecule has 3 aliphatic carbocycles. The van der Waals surface area contributed by atoms with Crippen molar-refractivity contribution in [3.8, 4) is 11.8 Å². The Kier molecular flexibility index (Phi) is 3.27. The van der Waals surface area contributed by atoms with E-state index >= 15 is 0 Å². The van der Waals surface area contributed by atoms with Crippen molar-refractivity contribution in [3.05, 3.63) is 36.0 Å². The van der Waals surface area contributed by atoms with E-state index in [0.717, 1.165) is 23.7 Å². The summed E-state index contributed by atoms with van der Waals surface area (Å²) in [6.45, 7) is 0.436. The van der Waals surface area contributed by atoms with Gasteiger partial charge in [-0.2, -0.15) is 5.26 Å². The van der Waals surface area contributed by atoms with Gasteiger partial charge in [-0.1, -0.05) is 12.1 Å². The Morgan fingerprint density at radius 1 is 1.23 bits per heavy atom. The summed E-state index contributed by atoms with van der Waals surface area (Å²) in [5, 5.41) is 10.1. The van der Waals surface area contributed by atoms with Crippen molar-refractivity contribution >= 4 is 16.9 Å². The van der Waals surface area contributed by atoms with E-state index in [1.165, 1.54) is 25.5 Å². The Morgan fingerprint density at radius 3 is 2.77 bits per heavy atom. The van der Waals surface area contributed by atoms with Crippen molar-refractivity contribution in [3.63, 3.8) is 0 Å². The van der Waals surface area contributed by atoms with E-state index in [1.807, 2.05) is 24.3 Å². The molecule has 0 radical (unpaired) electrons. The van der Waals surface area contributed by atoms with Crippen LogP contribution in [0.1, 0.15) is 37.7 Å². The quantitative estimate of drug-likeness (QED) is 0.610. The lowest BCUT2D eigenvalue weighted by molar-refractivity contribution is -0.155. The van der Waals surface area contributed by atoms with Crippen LogP contribution in [0, 0.1) is 28.1 Å². The number of carbonyl (C=O) groups excluding carboxylic acids is 1. The van der Waals surface area contributed by atoms with Crippen LogP contribution in [-0.2, 0) is 9.53 Å². The Morgan fingerprint density at radius 2 is 2.04 bits per heavy atom. The first-order valence-electron chi connectivity index (χ1n) is 9.24. The lowest BCUT2D eigenvalue weighted by Crippen LogP contribution is -2.35. The highest BCUT2D eigenvalue weighted by atomic mass is 16.6. The van der Waals surface area contributed by atoms with Crippen LogP contribution in [-0.4, -0.2) is 24.2 Å². The van der Waals surface area contributed by atoms with Gasteiger partial charge < -0.3 is 9.47 Å². The minimum Gasteiger partial charge on any atom is -0.488 e. The van der Waals surface area contributed by atoms with E-state index in [0.29, 0.717) is 22.1 Å². The third-order valence-electron chi connectivity index (χ3n) is 6.56. The zero-order valence-corrected chi connectivity index (χ0v) is 14.5. The molecule has 132 valence electrons. The Labute approximate surface area is 151 Å². The highest BCUT2D eigenvalue weighted by Gasteiger charge is 2.77. The summed E-state index contributed by atoms with van der Waals surface area (Å²) in [6, 6.07) is 9.64. The number of hydrogen-bond acceptors (Lipinski definition) is 5. The molecule has 26 heavy (non-hydrogen) atoms. The van der Waals surface area contributed by atoms with Crippen LogP contribution in [0.25, 0.3) is 10.9 Å². The first-order valence-corrected chi connectivity index (χ1v) is 9.24. The Bertz CT molecular complexity index is 936. The lowest BCUT2D eigenvalue weighted by Gasteiger charge is -2.35. The zero-order valence-electron chi connectivity index (χ0n) is 14.5. The molecule has 1 aromatic heterocycles. The topological polar surface area (TPSA) is 72.2 Å². The van der Waals surface area contributed by atoms with Gasteiger partial charge in [-0.05, 0) is 55.1 Å². The van der Waals surface area contributed by atoms with Crippen LogP contribution in [0.15, 0.2) is 30.5 Å². The number of hydrogen-bond donors (Lipinski definition) is 0. The van der Waals surface area contributed by atoms with Gasteiger partial charge in [0.1, 0.15) is 30.6 Å². The van der Waals surface area contributed by atoms with Gasteiger partial charge in [-0.25, -0.2) is 0 Å². The second-order valence-electron chi connectivity index (χ2n) is 7.99. The number of nitrogens with zero attached hydrogens (tertiary/aromatic N) is 2. The van der Waals surface area contributed by atoms with Crippen LogP contribution in [0.3, 0.4) is 0 Å². The molecule has 1 aromatic carbocycles. The zero-order chi connectivity index (χ0) is 17.8. The summed E-state index contributed by atoms with van der Waals surface area (Å²) < 4.78 is 11.2. The number of carbonyl (C=O) groups is 1. The number of fused-ring (bicyclic) bond motifs is 2. The summed E-state index contributed by atoms with van der Waals surface area (Å²) in [6.07, 6.45) is 7.60. The molecule has 0 bridgehead atoms. The molecule has 5 rings (SSSR count). The highest BCUT2D eigenvalue weighted by Crippen LogP contribution is 2.86. The van der Waals surface area contributed by atoms with Crippen molar-refractivity contribution in [1.29, 1.82) is 5.26 Å². The van der Waals surface area contributed by atoms with E-state index in [9.17, 15) is 10.1 Å². The smallest absolute Gasteiger partial charge is 0.309 e. The average molecular weight is 348 g/mol. The molecule has 0 N–H and O–H groups in total. The minimum absolute atomic E-state index is 0.0754. The summed E-state index contributed by atoms with van der Waals surface area (Å²) >= 11 is 0. The second-order valence-corrected chi connectivity index (χ2v) is 7.99. The van der Waals surface area contributed by atoms with Gasteiger partial charge in [0.05, 0.1) is 11.4 Å². The fourth-order valence-corrected chi connectivity index (χ4v) is 4.84. The van der Waals surface area contributed by atoms with Crippen molar-refractivity contribution in [2.45, 2.75) is 32.1 Å². The number of aromatic nitrogens is 1. The highest BCUT2D eigenvalue weighted by molar-refractivity contribution is 5.87. The van der Waals surface area contributed by atoms with Gasteiger partial charge in [-0.15, -0.1) is 0 Å². The maximum absolute atomic E-state index is 12.2. The van der Waals surface area contributed by atoms with E-state index in [4.69, 9.17) is 9.47 Å². The number of ether oxygens (including phenoxy) is 2. The first-order chi connectivity index (χ1) is 12.7. The molecule has 5 nitrogen and oxygen atoms in total. The van der Waals surface area contributed by atoms with Crippen molar-refractivity contribution in [2.24, 2.45) is 16.7 Å². The van der Waals surface area contributed by atoms with Crippen molar-refractivity contribution < 1.29 is 14.3 Å². The minimum atomic E-state index is -0.0954. The summed E-state index contributed by atoms with van der Waals surface area (Å²) in [4.78, 5) is 16.4. The molecule has 0 amide bonds. The van der Waals surface area contributed by atoms with Crippen LogP contribution in [0.5, 0.6) is 5.75 Å². The number of pyridine rings is 1. The molecule has 3 fully saturated rings. The summed E-state index contributed by atoms with van der Waals surface area (Å²) in [5.74, 6) is 0.485. The average Bonchev–Trinajstić information content (AvgIpc) is 3.55. The van der Waals surface area contributed by atoms with Crippen molar-refractivity contribution in [2.75, 3.05) is 13.2 Å². The van der Waals surface area contributed by atoms with E-state index < -0.39 is 0 Å². The molecule has 0 atom stereocenters. The predicted octanol–water partition coefficient (Wildman–Crippen LogP) is 3.61. The molecule has 5 heteroatoms. The molecular weight excluding hydrogens is 328 g/mol. The number of para-hydroxylation sites is 1. The van der Waals surface area contributed by atoms with Crippen LogP contribution < -0.4 is 4.74 Å². The van der Waals surface area contributed by atoms with Gasteiger partial charge in [0.15, 0.2) is 0 Å². The van der Waals surface area contributed by atoms with E-state index in [2.05, 4.69) is 11.1 Å². The summed E-state index contributed by atoms with van der Waals surface area (Å²) in [7, 11) is 0. The largest absolute Gasteiger partial charge is 0.488 e. The summed E-state index contributed by atoms with van der Waals surface area (Å²) in [5.41, 5.74) is 2.31. The van der Waals surface area contributed by atoms with Crippen molar-refractivity contribution in [1.82, 2.24) is 4.98 Å². The Balaban J connectivity index is 1.16. The van der Waals surface area contributed by atoms with E-state index in [-0.39, 0.29) is 25.1 Å². The first kappa shape index (κ1) is 15.6. The maximum atomic E-state index is 12.2. The molecule has 2 spiro atoms. The number of nitriles is 1. The molecule has 3 saturated carbocycles. The van der Waals surface area contributed by atoms with Gasteiger partial charge in [0.25, 0.3) is 0 Å². The monoisotopic (exact) mass is 348 g/mol. The third kappa shape index (κ3) is 2.28. The molecule has 3 aliphatic rings. The van der Waals surface area contributed by atoms with Crippen LogP contribution in [0.4, 0.5) is 0 Å². The predicted molar refractivity (Wildman–Crippen MR) is 94.4 cm³/mol. The van der Waals surface area contributed by atoms with Gasteiger partial charge >= 0.3 is 5.97 Å². The van der Waals surface area contributed by atoms with E-state index in [1.54, 1.807) is 0 Å². The molecule has 0 aliphatic heterocycles. The fraction of sp³-hybridized carbons (Fsp3) is 0.476. The fourth-order valence-electron chi connectivity index (χ4n) is 4.84. The molecule has 2 aromatic rings.